The van der Waals surface area contributed by atoms with Crippen molar-refractivity contribution >= 4 is 23.4 Å². The quantitative estimate of drug-likeness (QED) is 0.883. The summed E-state index contributed by atoms with van der Waals surface area (Å²) in [5.41, 5.74) is 1.85. The normalized spacial score (nSPS) is 14.3. The second-order valence-corrected chi connectivity index (χ2v) is 5.18. The fourth-order valence-electron chi connectivity index (χ4n) is 2.55. The summed E-state index contributed by atoms with van der Waals surface area (Å²) < 4.78 is 9.93. The van der Waals surface area contributed by atoms with Gasteiger partial charge in [-0.1, -0.05) is 12.1 Å². The number of nitrogens with zero attached hydrogens (tertiary/aromatic N) is 2. The Morgan fingerprint density at radius 2 is 2.00 bits per heavy atom. The molecule has 1 aromatic carbocycles. The number of morpholine rings is 1. The summed E-state index contributed by atoms with van der Waals surface area (Å²) >= 11 is 0. The van der Waals surface area contributed by atoms with Gasteiger partial charge in [0.2, 0.25) is 5.91 Å². The molecule has 0 aromatic heterocycles. The van der Waals surface area contributed by atoms with Gasteiger partial charge in [0.15, 0.2) is 0 Å². The van der Waals surface area contributed by atoms with E-state index < -0.39 is 6.09 Å². The van der Waals surface area contributed by atoms with Crippen molar-refractivity contribution in [2.24, 2.45) is 0 Å². The Hall–Kier alpha value is -2.28. The maximum atomic E-state index is 12.1. The molecule has 0 unspecified atom stereocenters. The van der Waals surface area contributed by atoms with Crippen LogP contribution >= 0.6 is 0 Å². The van der Waals surface area contributed by atoms with E-state index in [1.807, 2.05) is 24.3 Å². The third-order valence-corrected chi connectivity index (χ3v) is 3.69. The summed E-state index contributed by atoms with van der Waals surface area (Å²) in [6.07, 6.45) is -0.505. The zero-order valence-electron chi connectivity index (χ0n) is 13.6. The molecule has 23 heavy (non-hydrogen) atoms. The number of methoxy groups -OCH3 is 1. The van der Waals surface area contributed by atoms with Crippen molar-refractivity contribution in [1.82, 2.24) is 5.32 Å². The molecule has 1 saturated heterocycles. The Bertz CT molecular complexity index is 544. The molecule has 1 fully saturated rings. The van der Waals surface area contributed by atoms with Crippen molar-refractivity contribution in [3.8, 4) is 0 Å². The van der Waals surface area contributed by atoms with E-state index in [0.717, 1.165) is 24.5 Å². The number of hydrogen-bond acceptors (Lipinski definition) is 5. The Morgan fingerprint density at radius 1 is 1.30 bits per heavy atom. The highest BCUT2D eigenvalue weighted by molar-refractivity contribution is 5.95. The van der Waals surface area contributed by atoms with Crippen molar-refractivity contribution in [2.45, 2.75) is 6.92 Å². The molecule has 7 nitrogen and oxygen atoms in total. The first-order valence-electron chi connectivity index (χ1n) is 7.65. The molecule has 2 rings (SSSR count). The van der Waals surface area contributed by atoms with E-state index in [-0.39, 0.29) is 5.91 Å². The van der Waals surface area contributed by atoms with Gasteiger partial charge in [-0.15, -0.1) is 0 Å². The molecule has 2 amide bonds. The van der Waals surface area contributed by atoms with Crippen LogP contribution in [-0.2, 0) is 14.3 Å². The van der Waals surface area contributed by atoms with Crippen molar-refractivity contribution in [3.63, 3.8) is 0 Å². The van der Waals surface area contributed by atoms with Gasteiger partial charge in [0, 0.05) is 33.1 Å². The highest BCUT2D eigenvalue weighted by Gasteiger charge is 2.20. The lowest BCUT2D eigenvalue weighted by molar-refractivity contribution is -0.116. The Morgan fingerprint density at radius 3 is 2.65 bits per heavy atom. The van der Waals surface area contributed by atoms with Gasteiger partial charge in [-0.3, -0.25) is 4.79 Å². The minimum absolute atomic E-state index is 0.0719. The van der Waals surface area contributed by atoms with E-state index in [1.54, 1.807) is 4.90 Å². The number of alkyl carbamates (subject to hydrolysis) is 1. The first-order valence-corrected chi connectivity index (χ1v) is 7.65. The van der Waals surface area contributed by atoms with Crippen LogP contribution < -0.4 is 15.1 Å². The predicted octanol–water partition coefficient (Wildman–Crippen LogP) is 1.23. The van der Waals surface area contributed by atoms with Crippen LogP contribution in [0.25, 0.3) is 0 Å². The van der Waals surface area contributed by atoms with Crippen molar-refractivity contribution in [2.75, 3.05) is 56.3 Å². The monoisotopic (exact) mass is 321 g/mol. The highest BCUT2D eigenvalue weighted by Crippen LogP contribution is 2.29. The maximum Gasteiger partial charge on any atom is 0.406 e. The van der Waals surface area contributed by atoms with Crippen LogP contribution in [0.2, 0.25) is 0 Å². The predicted molar refractivity (Wildman–Crippen MR) is 87.9 cm³/mol. The standard InChI is InChI=1S/C16H23N3O4/c1-13(20)19(8-7-17-16(21)22-2)15-6-4-3-5-14(15)18-9-11-23-12-10-18/h3-6H,7-12H2,1-2H3,(H,17,21). The minimum atomic E-state index is -0.505. The van der Waals surface area contributed by atoms with Crippen molar-refractivity contribution in [3.05, 3.63) is 24.3 Å². The Labute approximate surface area is 136 Å². The molecule has 0 bridgehead atoms. The van der Waals surface area contributed by atoms with E-state index in [4.69, 9.17) is 4.74 Å². The smallest absolute Gasteiger partial charge is 0.406 e. The number of benzene rings is 1. The van der Waals surface area contributed by atoms with Crippen LogP contribution in [0.15, 0.2) is 24.3 Å². The van der Waals surface area contributed by atoms with Gasteiger partial charge in [-0.05, 0) is 12.1 Å². The summed E-state index contributed by atoms with van der Waals surface area (Å²) in [6.45, 7) is 5.17. The van der Waals surface area contributed by atoms with Gasteiger partial charge in [0.25, 0.3) is 0 Å². The van der Waals surface area contributed by atoms with E-state index in [2.05, 4.69) is 15.0 Å². The number of amides is 2. The van der Waals surface area contributed by atoms with Crippen LogP contribution in [0.3, 0.4) is 0 Å². The van der Waals surface area contributed by atoms with Gasteiger partial charge < -0.3 is 24.6 Å². The fourth-order valence-corrected chi connectivity index (χ4v) is 2.55. The lowest BCUT2D eigenvalue weighted by Gasteiger charge is -2.33. The number of carbonyl (C=O) groups is 2. The average molecular weight is 321 g/mol. The van der Waals surface area contributed by atoms with E-state index in [0.29, 0.717) is 26.3 Å². The second kappa shape index (κ2) is 8.38. The molecular weight excluding hydrogens is 298 g/mol. The van der Waals surface area contributed by atoms with Crippen molar-refractivity contribution in [1.29, 1.82) is 0 Å². The van der Waals surface area contributed by atoms with Gasteiger partial charge in [-0.2, -0.15) is 0 Å². The number of carbonyl (C=O) groups excluding carboxylic acids is 2. The second-order valence-electron chi connectivity index (χ2n) is 5.18. The summed E-state index contributed by atoms with van der Waals surface area (Å²) in [5.74, 6) is -0.0719. The summed E-state index contributed by atoms with van der Waals surface area (Å²) in [7, 11) is 1.31. The molecular formula is C16H23N3O4. The Balaban J connectivity index is 2.14. The molecule has 0 saturated carbocycles. The largest absolute Gasteiger partial charge is 0.453 e. The number of anilines is 2. The van der Waals surface area contributed by atoms with Crippen LogP contribution in [0.4, 0.5) is 16.2 Å². The first-order chi connectivity index (χ1) is 11.1. The van der Waals surface area contributed by atoms with E-state index >= 15 is 0 Å². The molecule has 0 aliphatic carbocycles. The molecule has 0 atom stereocenters. The number of ether oxygens (including phenoxy) is 2. The summed E-state index contributed by atoms with van der Waals surface area (Å²) in [4.78, 5) is 27.1. The molecule has 126 valence electrons. The van der Waals surface area contributed by atoms with E-state index in [9.17, 15) is 9.59 Å². The van der Waals surface area contributed by atoms with Gasteiger partial charge in [0.05, 0.1) is 31.7 Å². The average Bonchev–Trinajstić information content (AvgIpc) is 2.59. The molecule has 1 aliphatic heterocycles. The van der Waals surface area contributed by atoms with E-state index in [1.165, 1.54) is 14.0 Å². The Kier molecular flexibility index (Phi) is 6.22. The zero-order valence-corrected chi connectivity index (χ0v) is 13.6. The third kappa shape index (κ3) is 4.59. The molecule has 1 aliphatic rings. The number of hydrogen-bond donors (Lipinski definition) is 1. The molecule has 7 heteroatoms. The van der Waals surface area contributed by atoms with Crippen LogP contribution in [0, 0.1) is 0 Å². The van der Waals surface area contributed by atoms with Crippen LogP contribution in [0.1, 0.15) is 6.92 Å². The highest BCUT2D eigenvalue weighted by atomic mass is 16.5. The number of nitrogens with one attached hydrogen (secondary N) is 1. The minimum Gasteiger partial charge on any atom is -0.453 e. The molecule has 0 spiro atoms. The van der Waals surface area contributed by atoms with Gasteiger partial charge >= 0.3 is 6.09 Å². The molecule has 1 N–H and O–H groups in total. The molecule has 0 radical (unpaired) electrons. The topological polar surface area (TPSA) is 71.1 Å². The lowest BCUT2D eigenvalue weighted by Crippen LogP contribution is -2.40. The van der Waals surface area contributed by atoms with Gasteiger partial charge in [-0.25, -0.2) is 4.79 Å². The number of para-hydroxylation sites is 2. The fraction of sp³-hybridized carbons (Fsp3) is 0.500. The molecule has 1 heterocycles. The third-order valence-electron chi connectivity index (χ3n) is 3.69. The first kappa shape index (κ1) is 17.1. The van der Waals surface area contributed by atoms with Crippen LogP contribution in [-0.4, -0.2) is 58.5 Å². The zero-order chi connectivity index (χ0) is 16.7. The van der Waals surface area contributed by atoms with Gasteiger partial charge in [0.1, 0.15) is 0 Å². The molecule has 1 aromatic rings. The van der Waals surface area contributed by atoms with Crippen molar-refractivity contribution < 1.29 is 19.1 Å². The van der Waals surface area contributed by atoms with Crippen LogP contribution in [0.5, 0.6) is 0 Å². The number of rotatable bonds is 5. The SMILES string of the molecule is COC(=O)NCCN(C(C)=O)c1ccccc1N1CCOCC1. The summed E-state index contributed by atoms with van der Waals surface area (Å²) in [6, 6.07) is 7.79. The summed E-state index contributed by atoms with van der Waals surface area (Å²) in [5, 5.41) is 2.60. The lowest BCUT2D eigenvalue weighted by atomic mass is 10.2. The maximum absolute atomic E-state index is 12.1.